The Morgan fingerprint density at radius 2 is 2.09 bits per heavy atom. The molecular formula is C18H25NO3. The molecule has 0 spiro atoms. The van der Waals surface area contributed by atoms with Crippen molar-refractivity contribution >= 4 is 5.91 Å². The van der Waals surface area contributed by atoms with Crippen molar-refractivity contribution in [3.8, 4) is 0 Å². The van der Waals surface area contributed by atoms with E-state index in [-0.39, 0.29) is 29.9 Å². The molecule has 2 N–H and O–H groups in total. The highest BCUT2D eigenvalue weighted by molar-refractivity contribution is 5.78. The van der Waals surface area contributed by atoms with Crippen molar-refractivity contribution in [1.29, 1.82) is 0 Å². The summed E-state index contributed by atoms with van der Waals surface area (Å²) in [4.78, 5) is 12.4. The number of benzene rings is 1. The van der Waals surface area contributed by atoms with Gasteiger partial charge in [0.15, 0.2) is 0 Å². The van der Waals surface area contributed by atoms with Crippen LogP contribution in [0.4, 0.5) is 0 Å². The highest BCUT2D eigenvalue weighted by Crippen LogP contribution is 2.52. The third kappa shape index (κ3) is 2.55. The van der Waals surface area contributed by atoms with E-state index >= 15 is 0 Å². The van der Waals surface area contributed by atoms with Crippen LogP contribution in [0, 0.1) is 11.3 Å². The molecular weight excluding hydrogens is 278 g/mol. The van der Waals surface area contributed by atoms with Crippen LogP contribution in [-0.2, 0) is 15.1 Å². The molecule has 1 saturated heterocycles. The second-order valence-electron chi connectivity index (χ2n) is 7.43. The molecule has 2 aliphatic rings. The quantitative estimate of drug-likeness (QED) is 0.896. The summed E-state index contributed by atoms with van der Waals surface area (Å²) < 4.78 is 5.75. The maximum atomic E-state index is 12.4. The highest BCUT2D eigenvalue weighted by Gasteiger charge is 2.59. The van der Waals surface area contributed by atoms with E-state index in [1.54, 1.807) is 6.92 Å². The zero-order chi connectivity index (χ0) is 16.0. The first-order chi connectivity index (χ1) is 10.3. The summed E-state index contributed by atoms with van der Waals surface area (Å²) in [5.74, 6) is 0.318. The number of ether oxygens (including phenoxy) is 1. The van der Waals surface area contributed by atoms with Gasteiger partial charge in [-0.2, -0.15) is 0 Å². The predicted molar refractivity (Wildman–Crippen MR) is 84.2 cm³/mol. The van der Waals surface area contributed by atoms with E-state index in [9.17, 15) is 9.90 Å². The minimum absolute atomic E-state index is 0.0323. The van der Waals surface area contributed by atoms with Crippen molar-refractivity contribution in [2.45, 2.75) is 51.4 Å². The number of hydrogen-bond donors (Lipinski definition) is 2. The van der Waals surface area contributed by atoms with Crippen LogP contribution in [0.2, 0.25) is 0 Å². The average molecular weight is 303 g/mol. The molecule has 1 aliphatic carbocycles. The van der Waals surface area contributed by atoms with Crippen molar-refractivity contribution in [3.63, 3.8) is 0 Å². The molecule has 4 atom stereocenters. The Kier molecular flexibility index (Phi) is 3.77. The molecule has 1 aliphatic heterocycles. The molecule has 120 valence electrons. The van der Waals surface area contributed by atoms with E-state index in [1.165, 1.54) is 0 Å². The monoisotopic (exact) mass is 303 g/mol. The van der Waals surface area contributed by atoms with Crippen LogP contribution in [0.5, 0.6) is 0 Å². The van der Waals surface area contributed by atoms with Crippen LogP contribution in [0.15, 0.2) is 30.3 Å². The largest absolute Gasteiger partial charge is 0.385 e. The van der Waals surface area contributed by atoms with Crippen LogP contribution >= 0.6 is 0 Å². The summed E-state index contributed by atoms with van der Waals surface area (Å²) in [6, 6.07) is 9.48. The van der Waals surface area contributed by atoms with Crippen molar-refractivity contribution in [1.82, 2.24) is 5.32 Å². The normalized spacial score (nSPS) is 31.7. The van der Waals surface area contributed by atoms with E-state index in [1.807, 2.05) is 30.3 Å². The topological polar surface area (TPSA) is 58.6 Å². The fraction of sp³-hybridized carbons (Fsp3) is 0.611. The van der Waals surface area contributed by atoms with Crippen molar-refractivity contribution in [2.75, 3.05) is 6.61 Å². The van der Waals surface area contributed by atoms with Gasteiger partial charge in [-0.25, -0.2) is 0 Å². The first-order valence-corrected chi connectivity index (χ1v) is 8.01. The van der Waals surface area contributed by atoms with Gasteiger partial charge in [-0.1, -0.05) is 44.2 Å². The molecule has 4 heteroatoms. The molecule has 0 radical (unpaired) electrons. The van der Waals surface area contributed by atoms with Gasteiger partial charge in [0.1, 0.15) is 0 Å². The Labute approximate surface area is 131 Å². The third-order valence-electron chi connectivity index (χ3n) is 5.32. The van der Waals surface area contributed by atoms with Crippen molar-refractivity contribution in [2.24, 2.45) is 11.3 Å². The minimum atomic E-state index is -1.15. The SMILES string of the molecule is CC(O)(CC(=O)NC1C2CCOC2C1(C)C)c1ccccc1. The number of rotatable bonds is 4. The van der Waals surface area contributed by atoms with E-state index in [4.69, 9.17) is 4.74 Å². The maximum absolute atomic E-state index is 12.4. The number of fused-ring (bicyclic) bond motifs is 1. The van der Waals surface area contributed by atoms with Crippen LogP contribution in [0.3, 0.4) is 0 Å². The number of nitrogens with one attached hydrogen (secondary N) is 1. The lowest BCUT2D eigenvalue weighted by Gasteiger charge is -2.54. The number of amides is 1. The molecule has 22 heavy (non-hydrogen) atoms. The Morgan fingerprint density at radius 3 is 2.77 bits per heavy atom. The fourth-order valence-electron chi connectivity index (χ4n) is 4.05. The van der Waals surface area contributed by atoms with E-state index in [0.29, 0.717) is 5.92 Å². The molecule has 1 heterocycles. The smallest absolute Gasteiger partial charge is 0.223 e. The maximum Gasteiger partial charge on any atom is 0.223 e. The number of hydrogen-bond acceptors (Lipinski definition) is 3. The lowest BCUT2D eigenvalue weighted by Crippen LogP contribution is -2.67. The van der Waals surface area contributed by atoms with E-state index in [0.717, 1.165) is 18.6 Å². The summed E-state index contributed by atoms with van der Waals surface area (Å²) in [7, 11) is 0. The second-order valence-corrected chi connectivity index (χ2v) is 7.43. The van der Waals surface area contributed by atoms with Gasteiger partial charge in [0.2, 0.25) is 5.91 Å². The molecule has 3 rings (SSSR count). The first-order valence-electron chi connectivity index (χ1n) is 8.01. The van der Waals surface area contributed by atoms with Gasteiger partial charge in [-0.15, -0.1) is 0 Å². The van der Waals surface area contributed by atoms with Crippen LogP contribution < -0.4 is 5.32 Å². The summed E-state index contributed by atoms with van der Waals surface area (Å²) >= 11 is 0. The summed E-state index contributed by atoms with van der Waals surface area (Å²) in [5.41, 5.74) is -0.416. The Bertz CT molecular complexity index is 553. The molecule has 1 aromatic carbocycles. The number of aliphatic hydroxyl groups is 1. The fourth-order valence-corrected chi connectivity index (χ4v) is 4.05. The third-order valence-corrected chi connectivity index (χ3v) is 5.32. The average Bonchev–Trinajstić information content (AvgIpc) is 2.92. The predicted octanol–water partition coefficient (Wildman–Crippen LogP) is 2.21. The van der Waals surface area contributed by atoms with Crippen molar-refractivity contribution < 1.29 is 14.6 Å². The zero-order valence-corrected chi connectivity index (χ0v) is 13.5. The Hall–Kier alpha value is -1.39. The van der Waals surface area contributed by atoms with Gasteiger partial charge in [-0.3, -0.25) is 4.79 Å². The summed E-state index contributed by atoms with van der Waals surface area (Å²) in [6.07, 6.45) is 1.34. The summed E-state index contributed by atoms with van der Waals surface area (Å²) in [6.45, 7) is 6.75. The van der Waals surface area contributed by atoms with Gasteiger partial charge >= 0.3 is 0 Å². The molecule has 4 nitrogen and oxygen atoms in total. The number of carbonyl (C=O) groups is 1. The van der Waals surface area contributed by atoms with Gasteiger partial charge < -0.3 is 15.2 Å². The second kappa shape index (κ2) is 5.36. The lowest BCUT2D eigenvalue weighted by molar-refractivity contribution is -0.141. The van der Waals surface area contributed by atoms with Gasteiger partial charge in [0, 0.05) is 24.0 Å². The standard InChI is InChI=1S/C18H25NO3/c1-17(2)15(13-9-10-22-16(13)17)19-14(20)11-18(3,21)12-7-5-4-6-8-12/h4-8,13,15-16,21H,9-11H2,1-3H3,(H,19,20). The molecule has 1 saturated carbocycles. The van der Waals surface area contributed by atoms with Crippen LogP contribution in [0.1, 0.15) is 39.2 Å². The first kappa shape index (κ1) is 15.5. The molecule has 0 aromatic heterocycles. The van der Waals surface area contributed by atoms with Gasteiger partial charge in [-0.05, 0) is 18.9 Å². The molecule has 2 fully saturated rings. The van der Waals surface area contributed by atoms with Gasteiger partial charge in [0.05, 0.1) is 18.1 Å². The summed E-state index contributed by atoms with van der Waals surface area (Å²) in [5, 5.41) is 13.7. The number of carbonyl (C=O) groups excluding carboxylic acids is 1. The van der Waals surface area contributed by atoms with Crippen LogP contribution in [-0.4, -0.2) is 29.8 Å². The minimum Gasteiger partial charge on any atom is -0.385 e. The van der Waals surface area contributed by atoms with Crippen LogP contribution in [0.25, 0.3) is 0 Å². The van der Waals surface area contributed by atoms with Crippen molar-refractivity contribution in [3.05, 3.63) is 35.9 Å². The molecule has 0 bridgehead atoms. The molecule has 1 aromatic rings. The van der Waals surface area contributed by atoms with Gasteiger partial charge in [0.25, 0.3) is 0 Å². The molecule has 1 amide bonds. The van der Waals surface area contributed by atoms with E-state index in [2.05, 4.69) is 19.2 Å². The Morgan fingerprint density at radius 1 is 1.41 bits per heavy atom. The lowest BCUT2D eigenvalue weighted by atomic mass is 9.57. The van der Waals surface area contributed by atoms with E-state index < -0.39 is 5.60 Å². The zero-order valence-electron chi connectivity index (χ0n) is 13.5. The highest BCUT2D eigenvalue weighted by atomic mass is 16.5. The Balaban J connectivity index is 1.63. The molecule has 4 unspecified atom stereocenters.